The zero-order chi connectivity index (χ0) is 9.40. The number of hydrogen-bond acceptors (Lipinski definition) is 1. The topological polar surface area (TPSA) is 12.0 Å². The van der Waals surface area contributed by atoms with Crippen LogP contribution in [-0.4, -0.2) is 12.6 Å². The number of hydrogen-bond donors (Lipinski definition) is 1. The van der Waals surface area contributed by atoms with Crippen LogP contribution in [0.5, 0.6) is 0 Å². The Bertz CT molecular complexity index is 118. The zero-order valence-corrected chi connectivity index (χ0v) is 8.93. The maximum atomic E-state index is 3.53. The van der Waals surface area contributed by atoms with Crippen LogP contribution in [0, 0.1) is 5.92 Å². The van der Waals surface area contributed by atoms with Gasteiger partial charge in [-0.15, -0.1) is 0 Å². The average Bonchev–Trinajstić information content (AvgIpc) is 2.11. The van der Waals surface area contributed by atoms with E-state index in [9.17, 15) is 0 Å². The van der Waals surface area contributed by atoms with Crippen molar-refractivity contribution in [2.24, 2.45) is 5.92 Å². The molecule has 0 aliphatic carbocycles. The summed E-state index contributed by atoms with van der Waals surface area (Å²) in [5.41, 5.74) is 0. The molecule has 0 bridgehead atoms. The van der Waals surface area contributed by atoms with Crippen molar-refractivity contribution >= 4 is 0 Å². The number of nitrogens with one attached hydrogen (secondary N) is 1. The largest absolute Gasteiger partial charge is 0.310 e. The smallest absolute Gasteiger partial charge is 0.0247 e. The molecule has 1 N–H and O–H groups in total. The van der Waals surface area contributed by atoms with E-state index >= 15 is 0 Å². The maximum absolute atomic E-state index is 3.53. The predicted octanol–water partition coefficient (Wildman–Crippen LogP) is 2.98. The van der Waals surface area contributed by atoms with Gasteiger partial charge in [-0.2, -0.15) is 0 Å². The maximum Gasteiger partial charge on any atom is 0.0247 e. The van der Waals surface area contributed by atoms with E-state index in [1.807, 2.05) is 0 Å². The van der Waals surface area contributed by atoms with E-state index in [-0.39, 0.29) is 0 Å². The van der Waals surface area contributed by atoms with Crippen LogP contribution in [0.3, 0.4) is 0 Å². The lowest BCUT2D eigenvalue weighted by Crippen LogP contribution is -2.30. The Morgan fingerprint density at radius 1 is 1.25 bits per heavy atom. The molecule has 0 spiro atoms. The van der Waals surface area contributed by atoms with Crippen molar-refractivity contribution in [3.05, 3.63) is 12.2 Å². The molecule has 0 aliphatic rings. The summed E-state index contributed by atoms with van der Waals surface area (Å²) in [4.78, 5) is 0. The van der Waals surface area contributed by atoms with Gasteiger partial charge in [0.05, 0.1) is 0 Å². The molecule has 0 radical (unpaired) electrons. The van der Waals surface area contributed by atoms with E-state index in [1.54, 1.807) is 0 Å². The van der Waals surface area contributed by atoms with Crippen LogP contribution in [0.1, 0.15) is 40.5 Å². The highest BCUT2D eigenvalue weighted by Gasteiger charge is 2.02. The van der Waals surface area contributed by atoms with E-state index in [1.165, 1.54) is 12.8 Å². The van der Waals surface area contributed by atoms with Gasteiger partial charge in [-0.1, -0.05) is 39.3 Å². The Labute approximate surface area is 77.2 Å². The Hall–Kier alpha value is -0.300. The molecule has 0 aromatic carbocycles. The standard InChI is InChI=1S/C11H23N/c1-5-8-11(7-3)12-9-10(4)6-2/h5,8,10-12H,6-7,9H2,1-4H3/b8-5-. The summed E-state index contributed by atoms with van der Waals surface area (Å²) < 4.78 is 0. The quantitative estimate of drug-likeness (QED) is 0.603. The lowest BCUT2D eigenvalue weighted by Gasteiger charge is -2.15. The summed E-state index contributed by atoms with van der Waals surface area (Å²) in [6, 6.07) is 0.573. The van der Waals surface area contributed by atoms with Crippen molar-refractivity contribution in [3.63, 3.8) is 0 Å². The molecule has 1 nitrogen and oxygen atoms in total. The molecular formula is C11H23N. The molecule has 2 atom stereocenters. The zero-order valence-electron chi connectivity index (χ0n) is 8.93. The molecule has 0 aromatic rings. The number of allylic oxidation sites excluding steroid dienone is 1. The molecule has 0 saturated carbocycles. The summed E-state index contributed by atoms with van der Waals surface area (Å²) in [6.07, 6.45) is 6.81. The first-order chi connectivity index (χ1) is 5.74. The minimum Gasteiger partial charge on any atom is -0.310 e. The summed E-state index contributed by atoms with van der Waals surface area (Å²) in [5, 5.41) is 3.53. The summed E-state index contributed by atoms with van der Waals surface area (Å²) in [6.45, 7) is 9.96. The lowest BCUT2D eigenvalue weighted by molar-refractivity contribution is 0.466. The molecule has 0 fully saturated rings. The van der Waals surface area contributed by atoms with Gasteiger partial charge in [-0.25, -0.2) is 0 Å². The van der Waals surface area contributed by atoms with Gasteiger partial charge in [-0.3, -0.25) is 0 Å². The van der Waals surface area contributed by atoms with E-state index < -0.39 is 0 Å². The Kier molecular flexibility index (Phi) is 7.17. The van der Waals surface area contributed by atoms with Gasteiger partial charge in [0.25, 0.3) is 0 Å². The second kappa shape index (κ2) is 7.35. The highest BCUT2D eigenvalue weighted by molar-refractivity contribution is 4.90. The third-order valence-electron chi connectivity index (χ3n) is 2.29. The van der Waals surface area contributed by atoms with Crippen LogP contribution < -0.4 is 5.32 Å². The first kappa shape index (κ1) is 11.7. The van der Waals surface area contributed by atoms with Crippen molar-refractivity contribution < 1.29 is 0 Å². The van der Waals surface area contributed by atoms with E-state index in [4.69, 9.17) is 0 Å². The van der Waals surface area contributed by atoms with Gasteiger partial charge < -0.3 is 5.32 Å². The van der Waals surface area contributed by atoms with Crippen LogP contribution in [0.2, 0.25) is 0 Å². The fourth-order valence-corrected chi connectivity index (χ4v) is 1.08. The normalized spacial score (nSPS) is 16.7. The van der Waals surface area contributed by atoms with Gasteiger partial charge in [0, 0.05) is 6.04 Å². The summed E-state index contributed by atoms with van der Waals surface area (Å²) in [7, 11) is 0. The summed E-state index contributed by atoms with van der Waals surface area (Å²) >= 11 is 0. The summed E-state index contributed by atoms with van der Waals surface area (Å²) in [5.74, 6) is 0.796. The lowest BCUT2D eigenvalue weighted by atomic mass is 10.1. The van der Waals surface area contributed by atoms with Gasteiger partial charge in [0.2, 0.25) is 0 Å². The van der Waals surface area contributed by atoms with Gasteiger partial charge in [0.15, 0.2) is 0 Å². The third kappa shape index (κ3) is 5.36. The molecule has 0 amide bonds. The van der Waals surface area contributed by atoms with Gasteiger partial charge in [-0.05, 0) is 25.8 Å². The van der Waals surface area contributed by atoms with Crippen LogP contribution in [-0.2, 0) is 0 Å². The first-order valence-corrected chi connectivity index (χ1v) is 5.10. The molecule has 0 heterocycles. The molecule has 0 aromatic heterocycles. The van der Waals surface area contributed by atoms with Crippen molar-refractivity contribution in [1.29, 1.82) is 0 Å². The highest BCUT2D eigenvalue weighted by Crippen LogP contribution is 2.00. The molecule has 0 aliphatic heterocycles. The van der Waals surface area contributed by atoms with Gasteiger partial charge >= 0.3 is 0 Å². The Balaban J connectivity index is 3.57. The van der Waals surface area contributed by atoms with Crippen LogP contribution in [0.4, 0.5) is 0 Å². The van der Waals surface area contributed by atoms with E-state index in [0.29, 0.717) is 6.04 Å². The molecular weight excluding hydrogens is 146 g/mol. The number of rotatable bonds is 6. The molecule has 0 rings (SSSR count). The Morgan fingerprint density at radius 3 is 2.33 bits per heavy atom. The van der Waals surface area contributed by atoms with Crippen LogP contribution in [0.15, 0.2) is 12.2 Å². The van der Waals surface area contributed by atoms with E-state index in [2.05, 4.69) is 45.2 Å². The highest BCUT2D eigenvalue weighted by atomic mass is 14.9. The molecule has 0 saturated heterocycles. The SMILES string of the molecule is C/C=C\C(CC)NCC(C)CC. The minimum atomic E-state index is 0.573. The van der Waals surface area contributed by atoms with Crippen molar-refractivity contribution in [2.45, 2.75) is 46.6 Å². The third-order valence-corrected chi connectivity index (χ3v) is 2.29. The average molecular weight is 169 g/mol. The molecule has 72 valence electrons. The van der Waals surface area contributed by atoms with Crippen molar-refractivity contribution in [1.82, 2.24) is 5.32 Å². The van der Waals surface area contributed by atoms with Gasteiger partial charge in [0.1, 0.15) is 0 Å². The second-order valence-electron chi connectivity index (χ2n) is 3.46. The van der Waals surface area contributed by atoms with Crippen LogP contribution in [0.25, 0.3) is 0 Å². The second-order valence-corrected chi connectivity index (χ2v) is 3.46. The minimum absolute atomic E-state index is 0.573. The first-order valence-electron chi connectivity index (χ1n) is 5.10. The molecule has 12 heavy (non-hydrogen) atoms. The van der Waals surface area contributed by atoms with Crippen molar-refractivity contribution in [2.75, 3.05) is 6.54 Å². The van der Waals surface area contributed by atoms with Crippen molar-refractivity contribution in [3.8, 4) is 0 Å². The van der Waals surface area contributed by atoms with Crippen LogP contribution >= 0.6 is 0 Å². The fourth-order valence-electron chi connectivity index (χ4n) is 1.08. The Morgan fingerprint density at radius 2 is 1.92 bits per heavy atom. The molecule has 1 heteroatoms. The fraction of sp³-hybridized carbons (Fsp3) is 0.818. The predicted molar refractivity (Wildman–Crippen MR) is 56.4 cm³/mol. The van der Waals surface area contributed by atoms with E-state index in [0.717, 1.165) is 12.5 Å². The monoisotopic (exact) mass is 169 g/mol. The molecule has 2 unspecified atom stereocenters.